The normalized spacial score (nSPS) is 26.1. The molecule has 0 spiro atoms. The van der Waals surface area contributed by atoms with Gasteiger partial charge in [-0.2, -0.15) is 0 Å². The van der Waals surface area contributed by atoms with Crippen molar-refractivity contribution in [2.45, 2.75) is 31.3 Å². The Kier molecular flexibility index (Phi) is 5.46. The monoisotopic (exact) mass is 352 g/mol. The molecular formula is C16H21ClN4O3. The predicted octanol–water partition coefficient (Wildman–Crippen LogP) is 0.645. The quantitative estimate of drug-likeness (QED) is 0.600. The molecule has 2 fully saturated rings. The van der Waals surface area contributed by atoms with Crippen LogP contribution in [-0.4, -0.2) is 37.0 Å². The summed E-state index contributed by atoms with van der Waals surface area (Å²) in [7, 11) is 0. The van der Waals surface area contributed by atoms with Gasteiger partial charge in [-0.25, -0.2) is 4.79 Å². The zero-order valence-corrected chi connectivity index (χ0v) is 14.2. The standard InChI is InChI=1S/C16H20N4O3.ClH/c1-16(14(22)19-15(23)20-16)11-6-4-10(5-7-11)13(21)18-12-3-2-8-17-9-12;/h4-7,12,17H,2-3,8-9H2,1H3,(H,18,21)(H2,19,20,22,23);1H/t12-,16?;/m0./s1. The van der Waals surface area contributed by atoms with Gasteiger partial charge in [-0.05, 0) is 44.0 Å². The van der Waals surface area contributed by atoms with Crippen molar-refractivity contribution in [2.75, 3.05) is 13.1 Å². The van der Waals surface area contributed by atoms with E-state index in [9.17, 15) is 14.4 Å². The van der Waals surface area contributed by atoms with E-state index >= 15 is 0 Å². The van der Waals surface area contributed by atoms with Crippen LogP contribution in [0.25, 0.3) is 0 Å². The van der Waals surface area contributed by atoms with Gasteiger partial charge < -0.3 is 16.0 Å². The van der Waals surface area contributed by atoms with Gasteiger partial charge in [0.25, 0.3) is 11.8 Å². The van der Waals surface area contributed by atoms with Gasteiger partial charge in [-0.15, -0.1) is 12.4 Å². The molecule has 130 valence electrons. The summed E-state index contributed by atoms with van der Waals surface area (Å²) < 4.78 is 0. The lowest BCUT2D eigenvalue weighted by atomic mass is 9.91. The van der Waals surface area contributed by atoms with Gasteiger partial charge in [0.1, 0.15) is 5.54 Å². The predicted molar refractivity (Wildman–Crippen MR) is 91.1 cm³/mol. The maximum atomic E-state index is 12.3. The van der Waals surface area contributed by atoms with Gasteiger partial charge in [0, 0.05) is 18.2 Å². The average molecular weight is 353 g/mol. The molecule has 2 atom stereocenters. The Hall–Kier alpha value is -2.12. The number of carbonyl (C=O) groups excluding carboxylic acids is 3. The van der Waals surface area contributed by atoms with E-state index in [-0.39, 0.29) is 24.4 Å². The second kappa shape index (κ2) is 7.19. The number of rotatable bonds is 3. The van der Waals surface area contributed by atoms with Crippen molar-refractivity contribution in [1.82, 2.24) is 21.3 Å². The van der Waals surface area contributed by atoms with Gasteiger partial charge in [0.2, 0.25) is 0 Å². The number of carbonyl (C=O) groups is 3. The fraction of sp³-hybridized carbons (Fsp3) is 0.438. The van der Waals surface area contributed by atoms with Gasteiger partial charge in [-0.1, -0.05) is 12.1 Å². The molecule has 7 nitrogen and oxygen atoms in total. The van der Waals surface area contributed by atoms with Crippen molar-refractivity contribution in [3.8, 4) is 0 Å². The average Bonchev–Trinajstić information content (AvgIpc) is 2.82. The van der Waals surface area contributed by atoms with Crippen LogP contribution < -0.4 is 21.3 Å². The Bertz CT molecular complexity index is 643. The molecule has 4 N–H and O–H groups in total. The zero-order valence-electron chi connectivity index (χ0n) is 13.3. The van der Waals surface area contributed by atoms with Crippen LogP contribution >= 0.6 is 12.4 Å². The van der Waals surface area contributed by atoms with Crippen LogP contribution in [0.2, 0.25) is 0 Å². The number of amides is 4. The number of hydrogen-bond acceptors (Lipinski definition) is 4. The molecule has 2 aliphatic heterocycles. The van der Waals surface area contributed by atoms with Crippen molar-refractivity contribution in [2.24, 2.45) is 0 Å². The Labute approximate surface area is 146 Å². The van der Waals surface area contributed by atoms with Crippen LogP contribution in [0, 0.1) is 0 Å². The van der Waals surface area contributed by atoms with Crippen LogP contribution in [-0.2, 0) is 10.3 Å². The number of benzene rings is 1. The van der Waals surface area contributed by atoms with Crippen molar-refractivity contribution >= 4 is 30.3 Å². The summed E-state index contributed by atoms with van der Waals surface area (Å²) in [6, 6.07) is 6.36. The van der Waals surface area contributed by atoms with E-state index in [2.05, 4.69) is 21.3 Å². The van der Waals surface area contributed by atoms with Gasteiger partial charge >= 0.3 is 6.03 Å². The van der Waals surface area contributed by atoms with Crippen LogP contribution in [0.4, 0.5) is 4.79 Å². The summed E-state index contributed by atoms with van der Waals surface area (Å²) >= 11 is 0. The molecule has 4 amide bonds. The van der Waals surface area contributed by atoms with E-state index in [0.717, 1.165) is 25.9 Å². The molecule has 0 aromatic heterocycles. The molecule has 1 aromatic carbocycles. The first kappa shape index (κ1) is 18.2. The van der Waals surface area contributed by atoms with Gasteiger partial charge in [0.05, 0.1) is 0 Å². The summed E-state index contributed by atoms with van der Waals surface area (Å²) in [5, 5.41) is 11.1. The summed E-state index contributed by atoms with van der Waals surface area (Å²) in [6.45, 7) is 3.41. The molecule has 2 saturated heterocycles. The van der Waals surface area contributed by atoms with E-state index in [4.69, 9.17) is 0 Å². The van der Waals surface area contributed by atoms with E-state index < -0.39 is 17.5 Å². The zero-order chi connectivity index (χ0) is 16.4. The Balaban J connectivity index is 0.00000208. The first-order valence-corrected chi connectivity index (χ1v) is 7.75. The van der Waals surface area contributed by atoms with E-state index in [1.54, 1.807) is 31.2 Å². The number of halogens is 1. The molecule has 0 saturated carbocycles. The van der Waals surface area contributed by atoms with E-state index in [0.29, 0.717) is 11.1 Å². The smallest absolute Gasteiger partial charge is 0.322 e. The summed E-state index contributed by atoms with van der Waals surface area (Å²) in [6.07, 6.45) is 2.03. The maximum absolute atomic E-state index is 12.3. The topological polar surface area (TPSA) is 99.3 Å². The summed E-state index contributed by atoms with van der Waals surface area (Å²) in [5.41, 5.74) is 0.0729. The first-order valence-electron chi connectivity index (χ1n) is 7.75. The van der Waals surface area contributed by atoms with Crippen molar-refractivity contribution < 1.29 is 14.4 Å². The molecule has 0 aliphatic carbocycles. The molecular weight excluding hydrogens is 332 g/mol. The lowest BCUT2D eigenvalue weighted by molar-refractivity contribution is -0.123. The SMILES string of the molecule is CC1(c2ccc(C(=O)N[C@H]3CCCNC3)cc2)NC(=O)NC1=O.Cl. The minimum absolute atomic E-state index is 0. The fourth-order valence-electron chi connectivity index (χ4n) is 2.95. The van der Waals surface area contributed by atoms with Gasteiger partial charge in [-0.3, -0.25) is 14.9 Å². The van der Waals surface area contributed by atoms with Crippen molar-refractivity contribution in [3.05, 3.63) is 35.4 Å². The molecule has 2 heterocycles. The summed E-state index contributed by atoms with van der Waals surface area (Å²) in [5.74, 6) is -0.525. The molecule has 1 unspecified atom stereocenters. The first-order chi connectivity index (χ1) is 11.0. The molecule has 0 radical (unpaired) electrons. The maximum Gasteiger partial charge on any atom is 0.322 e. The largest absolute Gasteiger partial charge is 0.348 e. The molecule has 24 heavy (non-hydrogen) atoms. The lowest BCUT2D eigenvalue weighted by Crippen LogP contribution is -2.45. The highest BCUT2D eigenvalue weighted by atomic mass is 35.5. The second-order valence-electron chi connectivity index (χ2n) is 6.13. The van der Waals surface area contributed by atoms with E-state index in [1.165, 1.54) is 0 Å². The van der Waals surface area contributed by atoms with Crippen LogP contribution in [0.5, 0.6) is 0 Å². The molecule has 8 heteroatoms. The highest BCUT2D eigenvalue weighted by Crippen LogP contribution is 2.24. The molecule has 1 aromatic rings. The van der Waals surface area contributed by atoms with Gasteiger partial charge in [0.15, 0.2) is 0 Å². The number of nitrogens with one attached hydrogen (secondary N) is 4. The van der Waals surface area contributed by atoms with Crippen molar-refractivity contribution in [3.63, 3.8) is 0 Å². The Morgan fingerprint density at radius 1 is 1.25 bits per heavy atom. The number of imide groups is 1. The fourth-order valence-corrected chi connectivity index (χ4v) is 2.95. The summed E-state index contributed by atoms with van der Waals surface area (Å²) in [4.78, 5) is 35.5. The van der Waals surface area contributed by atoms with Crippen LogP contribution in [0.1, 0.15) is 35.7 Å². The third-order valence-electron chi connectivity index (χ3n) is 4.40. The highest BCUT2D eigenvalue weighted by Gasteiger charge is 2.43. The second-order valence-corrected chi connectivity index (χ2v) is 6.13. The van der Waals surface area contributed by atoms with Crippen molar-refractivity contribution in [1.29, 1.82) is 0 Å². The molecule has 0 bridgehead atoms. The highest BCUT2D eigenvalue weighted by molar-refractivity contribution is 6.07. The Morgan fingerprint density at radius 2 is 1.96 bits per heavy atom. The molecule has 3 rings (SSSR count). The number of urea groups is 1. The Morgan fingerprint density at radius 3 is 2.50 bits per heavy atom. The minimum Gasteiger partial charge on any atom is -0.348 e. The number of piperidine rings is 1. The lowest BCUT2D eigenvalue weighted by Gasteiger charge is -2.24. The molecule has 2 aliphatic rings. The third-order valence-corrected chi connectivity index (χ3v) is 4.40. The minimum atomic E-state index is -1.10. The van der Waals surface area contributed by atoms with Crippen LogP contribution in [0.3, 0.4) is 0 Å². The van der Waals surface area contributed by atoms with E-state index in [1.807, 2.05) is 0 Å². The number of hydrogen-bond donors (Lipinski definition) is 4. The van der Waals surface area contributed by atoms with Crippen LogP contribution in [0.15, 0.2) is 24.3 Å². The third kappa shape index (κ3) is 3.52.